The largest absolute Gasteiger partial charge is 0.484 e. The molecule has 1 N–H and O–H groups in total. The Morgan fingerprint density at radius 3 is 2.18 bits per heavy atom. The van der Waals surface area contributed by atoms with Crippen LogP contribution in [0.5, 0.6) is 5.75 Å². The van der Waals surface area contributed by atoms with Gasteiger partial charge in [-0.2, -0.15) is 5.10 Å². The minimum absolute atomic E-state index is 0.201. The third kappa shape index (κ3) is 5.36. The summed E-state index contributed by atoms with van der Waals surface area (Å²) in [6, 6.07) is 24.8. The van der Waals surface area contributed by atoms with Crippen molar-refractivity contribution < 1.29 is 19.1 Å². The lowest BCUT2D eigenvalue weighted by atomic mass is 9.97. The molecule has 166 valence electrons. The van der Waals surface area contributed by atoms with Crippen LogP contribution in [0.4, 0.5) is 0 Å². The Kier molecular flexibility index (Phi) is 6.95. The third-order valence-electron chi connectivity index (χ3n) is 5.09. The van der Waals surface area contributed by atoms with Gasteiger partial charge in [0, 0.05) is 5.56 Å². The number of carbonyl (C=O) groups excluding carboxylic acids is 2. The van der Waals surface area contributed by atoms with E-state index in [-0.39, 0.29) is 18.5 Å². The van der Waals surface area contributed by atoms with Crippen LogP contribution in [0.15, 0.2) is 84.0 Å². The van der Waals surface area contributed by atoms with E-state index in [2.05, 4.69) is 28.7 Å². The van der Waals surface area contributed by atoms with Gasteiger partial charge in [-0.25, -0.2) is 10.2 Å². The summed E-state index contributed by atoms with van der Waals surface area (Å²) in [5.74, 6) is -0.292. The van der Waals surface area contributed by atoms with E-state index in [4.69, 9.17) is 9.47 Å². The van der Waals surface area contributed by atoms with Gasteiger partial charge in [0.2, 0.25) is 0 Å². The highest BCUT2D eigenvalue weighted by Gasteiger charge is 2.08. The molecule has 0 spiro atoms. The van der Waals surface area contributed by atoms with Crippen molar-refractivity contribution in [1.29, 1.82) is 0 Å². The molecule has 0 radical (unpaired) electrons. The average molecular weight is 440 g/mol. The first-order valence-electron chi connectivity index (χ1n) is 10.8. The molecule has 0 aliphatic heterocycles. The summed E-state index contributed by atoms with van der Waals surface area (Å²) in [6.07, 6.45) is 2.43. The zero-order valence-corrected chi connectivity index (χ0v) is 18.3. The van der Waals surface area contributed by atoms with Crippen LogP contribution in [0.2, 0.25) is 0 Å². The summed E-state index contributed by atoms with van der Waals surface area (Å²) >= 11 is 0. The quantitative estimate of drug-likeness (QED) is 0.179. The van der Waals surface area contributed by atoms with Crippen molar-refractivity contribution in [2.45, 2.75) is 13.3 Å². The average Bonchev–Trinajstić information content (AvgIpc) is 2.86. The highest BCUT2D eigenvalue weighted by molar-refractivity contribution is 6.13. The fraction of sp³-hybridized carbons (Fsp3) is 0.148. The smallest absolute Gasteiger partial charge is 0.338 e. The summed E-state index contributed by atoms with van der Waals surface area (Å²) in [4.78, 5) is 24.0. The molecule has 6 heteroatoms. The summed E-state index contributed by atoms with van der Waals surface area (Å²) in [5.41, 5.74) is 3.89. The minimum Gasteiger partial charge on any atom is -0.484 e. The number of hydrogen-bond acceptors (Lipinski definition) is 5. The van der Waals surface area contributed by atoms with Gasteiger partial charge in [0.25, 0.3) is 5.91 Å². The minimum atomic E-state index is -0.387. The number of nitrogens with zero attached hydrogens (tertiary/aromatic N) is 1. The number of hydrazone groups is 1. The van der Waals surface area contributed by atoms with Gasteiger partial charge in [0.1, 0.15) is 5.75 Å². The molecule has 1 amide bonds. The van der Waals surface area contributed by atoms with Crippen LogP contribution in [-0.4, -0.2) is 31.3 Å². The molecule has 0 aliphatic rings. The highest BCUT2D eigenvalue weighted by atomic mass is 16.5. The lowest BCUT2D eigenvalue weighted by Crippen LogP contribution is -2.24. The van der Waals surface area contributed by atoms with Crippen molar-refractivity contribution in [1.82, 2.24) is 5.43 Å². The summed E-state index contributed by atoms with van der Waals surface area (Å²) in [5, 5.41) is 8.48. The molecule has 0 aromatic heterocycles. The third-order valence-corrected chi connectivity index (χ3v) is 5.09. The maximum absolute atomic E-state index is 12.2. The maximum Gasteiger partial charge on any atom is 0.338 e. The van der Waals surface area contributed by atoms with Crippen LogP contribution >= 0.6 is 0 Å². The van der Waals surface area contributed by atoms with E-state index in [1.54, 1.807) is 30.5 Å². The number of amides is 1. The van der Waals surface area contributed by atoms with E-state index in [0.29, 0.717) is 17.9 Å². The van der Waals surface area contributed by atoms with E-state index in [0.717, 1.165) is 33.5 Å². The highest BCUT2D eigenvalue weighted by Crippen LogP contribution is 2.27. The van der Waals surface area contributed by atoms with Gasteiger partial charge in [0.05, 0.1) is 18.4 Å². The Hall–Kier alpha value is -4.19. The molecule has 6 nitrogen and oxygen atoms in total. The first-order chi connectivity index (χ1) is 16.2. The molecule has 0 atom stereocenters. The van der Waals surface area contributed by atoms with Crippen molar-refractivity contribution in [2.75, 3.05) is 13.2 Å². The fourth-order valence-corrected chi connectivity index (χ4v) is 3.50. The molecule has 33 heavy (non-hydrogen) atoms. The molecule has 0 saturated carbocycles. The van der Waals surface area contributed by atoms with E-state index >= 15 is 0 Å². The Morgan fingerprint density at radius 1 is 0.909 bits per heavy atom. The molecular weight excluding hydrogens is 416 g/mol. The monoisotopic (exact) mass is 440 g/mol. The summed E-state index contributed by atoms with van der Waals surface area (Å²) in [6.45, 7) is 2.11. The number of rotatable bonds is 8. The first kappa shape index (κ1) is 22.0. The molecule has 4 rings (SSSR count). The van der Waals surface area contributed by atoms with Gasteiger partial charge in [-0.3, -0.25) is 4.79 Å². The van der Waals surface area contributed by atoms with E-state index in [9.17, 15) is 9.59 Å². The number of ether oxygens (including phenoxy) is 2. The number of carbonyl (C=O) groups is 2. The number of esters is 1. The van der Waals surface area contributed by atoms with Crippen LogP contribution in [0.3, 0.4) is 0 Å². The van der Waals surface area contributed by atoms with Crippen LogP contribution in [0.1, 0.15) is 29.3 Å². The van der Waals surface area contributed by atoms with Gasteiger partial charge >= 0.3 is 5.97 Å². The summed E-state index contributed by atoms with van der Waals surface area (Å²) in [7, 11) is 0. The Bertz CT molecular complexity index is 1260. The lowest BCUT2D eigenvalue weighted by Gasteiger charge is -2.08. The number of nitrogens with one attached hydrogen (secondary N) is 1. The number of benzene rings is 4. The fourth-order valence-electron chi connectivity index (χ4n) is 3.50. The Balaban J connectivity index is 1.39. The lowest BCUT2D eigenvalue weighted by molar-refractivity contribution is -0.123. The van der Waals surface area contributed by atoms with Gasteiger partial charge < -0.3 is 9.47 Å². The standard InChI is InChI=1S/C27H24N2O4/c1-2-15-32-27(31)19-11-13-22(14-12-19)33-18-26(30)29-28-17-25-23-9-5-3-7-20(23)16-21-8-4-6-10-24(21)25/h3-14,16-17H,2,15,18H2,1H3,(H,29,30)/b28-17+. The van der Waals surface area contributed by atoms with Crippen molar-refractivity contribution in [2.24, 2.45) is 5.10 Å². The van der Waals surface area contributed by atoms with Crippen LogP contribution < -0.4 is 10.2 Å². The van der Waals surface area contributed by atoms with E-state index in [1.165, 1.54) is 0 Å². The second kappa shape index (κ2) is 10.4. The predicted octanol–water partition coefficient (Wildman–Crippen LogP) is 5.09. The number of fused-ring (bicyclic) bond motifs is 2. The maximum atomic E-state index is 12.2. The van der Waals surface area contributed by atoms with Crippen molar-refractivity contribution in [3.63, 3.8) is 0 Å². The molecule has 0 saturated heterocycles. The molecular formula is C27H24N2O4. The second-order valence-electron chi connectivity index (χ2n) is 7.47. The zero-order valence-electron chi connectivity index (χ0n) is 18.3. The van der Waals surface area contributed by atoms with E-state index < -0.39 is 0 Å². The predicted molar refractivity (Wildman–Crippen MR) is 130 cm³/mol. The molecule has 0 fully saturated rings. The van der Waals surface area contributed by atoms with Gasteiger partial charge in [-0.1, -0.05) is 55.5 Å². The van der Waals surface area contributed by atoms with Gasteiger partial charge in [-0.05, 0) is 58.3 Å². The Morgan fingerprint density at radius 2 is 1.55 bits per heavy atom. The van der Waals surface area contributed by atoms with Crippen molar-refractivity contribution >= 4 is 39.6 Å². The van der Waals surface area contributed by atoms with Crippen molar-refractivity contribution in [3.8, 4) is 5.75 Å². The van der Waals surface area contributed by atoms with Crippen molar-refractivity contribution in [3.05, 3.63) is 90.0 Å². The zero-order chi connectivity index (χ0) is 23.0. The molecule has 0 bridgehead atoms. The van der Waals surface area contributed by atoms with Crippen LogP contribution in [0.25, 0.3) is 21.5 Å². The van der Waals surface area contributed by atoms with Gasteiger partial charge in [0.15, 0.2) is 6.61 Å². The number of hydrogen-bond donors (Lipinski definition) is 1. The van der Waals surface area contributed by atoms with Gasteiger partial charge in [-0.15, -0.1) is 0 Å². The van der Waals surface area contributed by atoms with Crippen LogP contribution in [0, 0.1) is 0 Å². The van der Waals surface area contributed by atoms with Crippen LogP contribution in [-0.2, 0) is 9.53 Å². The second-order valence-corrected chi connectivity index (χ2v) is 7.47. The summed E-state index contributed by atoms with van der Waals surface area (Å²) < 4.78 is 10.6. The molecule has 0 aliphatic carbocycles. The molecule has 4 aromatic rings. The molecule has 0 unspecified atom stereocenters. The topological polar surface area (TPSA) is 77.0 Å². The Labute approximate surface area is 191 Å². The first-order valence-corrected chi connectivity index (χ1v) is 10.8. The molecule has 0 heterocycles. The molecule has 4 aromatic carbocycles. The SMILES string of the molecule is CCCOC(=O)c1ccc(OCC(=O)N/N=C/c2c3ccccc3cc3ccccc23)cc1. The normalized spacial score (nSPS) is 11.1. The van der Waals surface area contributed by atoms with E-state index in [1.807, 2.05) is 43.3 Å².